The van der Waals surface area contributed by atoms with Gasteiger partial charge in [-0.3, -0.25) is 14.6 Å². The molecule has 0 bridgehead atoms. The van der Waals surface area contributed by atoms with E-state index in [-0.39, 0.29) is 17.5 Å². The largest absolute Gasteiger partial charge is 0.350 e. The molecule has 0 spiro atoms. The second kappa shape index (κ2) is 9.23. The highest BCUT2D eigenvalue weighted by atomic mass is 16.2. The van der Waals surface area contributed by atoms with E-state index in [2.05, 4.69) is 25.9 Å². The summed E-state index contributed by atoms with van der Waals surface area (Å²) in [5.74, 6) is -0.524. The van der Waals surface area contributed by atoms with Crippen molar-refractivity contribution in [1.29, 1.82) is 0 Å². The lowest BCUT2D eigenvalue weighted by molar-refractivity contribution is 0.0939. The number of nitrogens with one attached hydrogen (secondary N) is 2. The first kappa shape index (κ1) is 18.2. The molecule has 0 aliphatic heterocycles. The van der Waals surface area contributed by atoms with Crippen LogP contribution in [0.5, 0.6) is 0 Å². The lowest BCUT2D eigenvalue weighted by Gasteiger charge is -2.04. The molecule has 2 heterocycles. The van der Waals surface area contributed by atoms with E-state index in [1.54, 1.807) is 30.6 Å². The molecule has 0 unspecified atom stereocenters. The Hall–Kier alpha value is -3.55. The van der Waals surface area contributed by atoms with Gasteiger partial charge in [-0.1, -0.05) is 41.6 Å². The van der Waals surface area contributed by atoms with Crippen LogP contribution in [-0.2, 0) is 13.0 Å². The van der Waals surface area contributed by atoms with Gasteiger partial charge in [-0.2, -0.15) is 0 Å². The zero-order valence-electron chi connectivity index (χ0n) is 14.7. The highest BCUT2D eigenvalue weighted by Gasteiger charge is 2.11. The number of carbonyl (C=O) groups is 2. The number of hydrogen-bond acceptors (Lipinski definition) is 5. The number of pyridine rings is 1. The summed E-state index contributed by atoms with van der Waals surface area (Å²) in [6, 6.07) is 15.1. The molecule has 3 aromatic rings. The lowest BCUT2D eigenvalue weighted by atomic mass is 10.1. The molecular weight excluding hydrogens is 344 g/mol. The van der Waals surface area contributed by atoms with Gasteiger partial charge in [0.2, 0.25) is 0 Å². The summed E-state index contributed by atoms with van der Waals surface area (Å²) in [7, 11) is 0. The number of amides is 2. The molecule has 2 N–H and O–H groups in total. The molecule has 27 heavy (non-hydrogen) atoms. The van der Waals surface area contributed by atoms with Crippen molar-refractivity contribution in [2.24, 2.45) is 0 Å². The van der Waals surface area contributed by atoms with Crippen molar-refractivity contribution in [2.45, 2.75) is 13.0 Å². The maximum absolute atomic E-state index is 12.1. The Morgan fingerprint density at radius 3 is 2.41 bits per heavy atom. The van der Waals surface area contributed by atoms with Gasteiger partial charge in [0.25, 0.3) is 11.8 Å². The third-order valence-electron chi connectivity index (χ3n) is 3.84. The normalized spacial score (nSPS) is 10.4. The number of benzene rings is 1. The standard InChI is InChI=1S/C19H20N6O2/c26-18(16-8-4-5-10-20-16)22-12-13-25-14-17(23-24-25)19(27)21-11-9-15-6-2-1-3-7-15/h1-8,10,14H,9,11-13H2,(H,21,27)(H,22,26). The highest BCUT2D eigenvalue weighted by Crippen LogP contribution is 1.99. The molecule has 8 heteroatoms. The summed E-state index contributed by atoms with van der Waals surface area (Å²) in [6.07, 6.45) is 3.88. The van der Waals surface area contributed by atoms with Crippen LogP contribution < -0.4 is 10.6 Å². The van der Waals surface area contributed by atoms with Crippen molar-refractivity contribution < 1.29 is 9.59 Å². The van der Waals surface area contributed by atoms with Gasteiger partial charge < -0.3 is 10.6 Å². The number of carbonyl (C=O) groups excluding carboxylic acids is 2. The Kier molecular flexibility index (Phi) is 6.24. The van der Waals surface area contributed by atoms with Gasteiger partial charge >= 0.3 is 0 Å². The maximum atomic E-state index is 12.1. The molecule has 0 fully saturated rings. The summed E-state index contributed by atoms with van der Waals surface area (Å²) in [4.78, 5) is 28.0. The predicted molar refractivity (Wildman–Crippen MR) is 99.1 cm³/mol. The quantitative estimate of drug-likeness (QED) is 0.623. The van der Waals surface area contributed by atoms with Crippen LogP contribution in [0.1, 0.15) is 26.5 Å². The molecule has 0 atom stereocenters. The van der Waals surface area contributed by atoms with Gasteiger partial charge in [0.05, 0.1) is 12.7 Å². The molecule has 0 saturated carbocycles. The topological polar surface area (TPSA) is 102 Å². The fraction of sp³-hybridized carbons (Fsp3) is 0.211. The molecule has 2 amide bonds. The van der Waals surface area contributed by atoms with Crippen LogP contribution in [0.15, 0.2) is 60.9 Å². The van der Waals surface area contributed by atoms with Crippen LogP contribution in [0.25, 0.3) is 0 Å². The number of hydrogen-bond donors (Lipinski definition) is 2. The molecule has 0 radical (unpaired) electrons. The van der Waals surface area contributed by atoms with Crippen molar-refractivity contribution in [1.82, 2.24) is 30.6 Å². The molecule has 0 saturated heterocycles. The first-order valence-corrected chi connectivity index (χ1v) is 8.64. The molecule has 0 aliphatic rings. The van der Waals surface area contributed by atoms with E-state index in [0.29, 0.717) is 25.3 Å². The van der Waals surface area contributed by atoms with Crippen molar-refractivity contribution in [3.8, 4) is 0 Å². The monoisotopic (exact) mass is 364 g/mol. The fourth-order valence-corrected chi connectivity index (χ4v) is 2.44. The summed E-state index contributed by atoms with van der Waals surface area (Å²) >= 11 is 0. The third kappa shape index (κ3) is 5.46. The molecule has 138 valence electrons. The molecule has 0 aliphatic carbocycles. The summed E-state index contributed by atoms with van der Waals surface area (Å²) in [5.41, 5.74) is 1.76. The van der Waals surface area contributed by atoms with E-state index in [1.165, 1.54) is 4.68 Å². The van der Waals surface area contributed by atoms with Gasteiger partial charge in [-0.05, 0) is 24.1 Å². The van der Waals surface area contributed by atoms with Crippen molar-refractivity contribution in [3.63, 3.8) is 0 Å². The minimum atomic E-state index is -0.269. The third-order valence-corrected chi connectivity index (χ3v) is 3.84. The van der Waals surface area contributed by atoms with Crippen LogP contribution >= 0.6 is 0 Å². The van der Waals surface area contributed by atoms with Crippen molar-refractivity contribution >= 4 is 11.8 Å². The first-order chi connectivity index (χ1) is 13.2. The Morgan fingerprint density at radius 2 is 1.63 bits per heavy atom. The van der Waals surface area contributed by atoms with Crippen LogP contribution in [-0.4, -0.2) is 44.9 Å². The number of nitrogens with zero attached hydrogens (tertiary/aromatic N) is 4. The van der Waals surface area contributed by atoms with E-state index in [4.69, 9.17) is 0 Å². The van der Waals surface area contributed by atoms with Crippen LogP contribution in [0.2, 0.25) is 0 Å². The van der Waals surface area contributed by atoms with Gasteiger partial charge in [-0.25, -0.2) is 4.68 Å². The van der Waals surface area contributed by atoms with Crippen LogP contribution in [0.4, 0.5) is 0 Å². The average molecular weight is 364 g/mol. The highest BCUT2D eigenvalue weighted by molar-refractivity contribution is 5.92. The zero-order chi connectivity index (χ0) is 18.9. The Labute approximate surface area is 156 Å². The summed E-state index contributed by atoms with van der Waals surface area (Å²) in [5, 5.41) is 13.4. The Balaban J connectivity index is 1.41. The number of aromatic nitrogens is 4. The van der Waals surface area contributed by atoms with Crippen molar-refractivity contribution in [3.05, 3.63) is 77.9 Å². The first-order valence-electron chi connectivity index (χ1n) is 8.64. The van der Waals surface area contributed by atoms with Crippen LogP contribution in [0.3, 0.4) is 0 Å². The lowest BCUT2D eigenvalue weighted by Crippen LogP contribution is -2.28. The molecule has 8 nitrogen and oxygen atoms in total. The van der Waals surface area contributed by atoms with Gasteiger partial charge in [-0.15, -0.1) is 5.10 Å². The average Bonchev–Trinajstić information content (AvgIpc) is 3.18. The van der Waals surface area contributed by atoms with Gasteiger partial charge in [0.15, 0.2) is 5.69 Å². The minimum absolute atomic E-state index is 0.249. The predicted octanol–water partition coefficient (Wildman–Crippen LogP) is 1.08. The van der Waals surface area contributed by atoms with Gasteiger partial charge in [0.1, 0.15) is 5.69 Å². The summed E-state index contributed by atoms with van der Waals surface area (Å²) < 4.78 is 1.52. The van der Waals surface area contributed by atoms with E-state index in [1.807, 2.05) is 30.3 Å². The zero-order valence-corrected chi connectivity index (χ0v) is 14.7. The second-order valence-corrected chi connectivity index (χ2v) is 5.83. The van der Waals surface area contributed by atoms with E-state index < -0.39 is 0 Å². The Bertz CT molecular complexity index is 879. The SMILES string of the molecule is O=C(NCCn1cc(C(=O)NCCc2ccccc2)nn1)c1ccccn1. The molecule has 1 aromatic carbocycles. The Morgan fingerprint density at radius 1 is 0.889 bits per heavy atom. The van der Waals surface area contributed by atoms with E-state index >= 15 is 0 Å². The molecule has 2 aromatic heterocycles. The van der Waals surface area contributed by atoms with Crippen LogP contribution in [0, 0.1) is 0 Å². The fourth-order valence-electron chi connectivity index (χ4n) is 2.44. The maximum Gasteiger partial charge on any atom is 0.273 e. The van der Waals surface area contributed by atoms with Gasteiger partial charge in [0, 0.05) is 19.3 Å². The molecule has 3 rings (SSSR count). The molecular formula is C19H20N6O2. The minimum Gasteiger partial charge on any atom is -0.350 e. The second-order valence-electron chi connectivity index (χ2n) is 5.83. The number of rotatable bonds is 8. The van der Waals surface area contributed by atoms with E-state index in [0.717, 1.165) is 12.0 Å². The van der Waals surface area contributed by atoms with Crippen molar-refractivity contribution in [2.75, 3.05) is 13.1 Å². The smallest absolute Gasteiger partial charge is 0.273 e. The summed E-state index contributed by atoms with van der Waals surface area (Å²) in [6.45, 7) is 1.28. The van der Waals surface area contributed by atoms with E-state index in [9.17, 15) is 9.59 Å².